The van der Waals surface area contributed by atoms with E-state index in [1.54, 1.807) is 12.3 Å². The van der Waals surface area contributed by atoms with Crippen molar-refractivity contribution in [3.8, 4) is 22.9 Å². The average molecular weight is 630 g/mol. The second-order valence-corrected chi connectivity index (χ2v) is 12.0. The summed E-state index contributed by atoms with van der Waals surface area (Å²) in [6, 6.07) is 3.51. The minimum Gasteiger partial charge on any atom is -0.495 e. The summed E-state index contributed by atoms with van der Waals surface area (Å²) in [5.41, 5.74) is 6.61. The molecule has 2 aromatic heterocycles. The number of nitrogens with two attached hydrogens (primary N) is 1. The number of ether oxygens (including phenoxy) is 4. The molecule has 43 heavy (non-hydrogen) atoms. The molecule has 228 valence electrons. The maximum Gasteiger partial charge on any atom is 0.241 e. The highest BCUT2D eigenvalue weighted by molar-refractivity contribution is 6.41. The van der Waals surface area contributed by atoms with Crippen LogP contribution in [0.15, 0.2) is 30.5 Å². The van der Waals surface area contributed by atoms with E-state index in [0.717, 1.165) is 56.8 Å². The number of anilines is 2. The summed E-state index contributed by atoms with van der Waals surface area (Å²) in [7, 11) is 3.06. The average Bonchev–Trinajstić information content (AvgIpc) is 3.00. The number of hydrogen-bond acceptors (Lipinski definition) is 10. The van der Waals surface area contributed by atoms with Gasteiger partial charge in [-0.1, -0.05) is 29.3 Å². The summed E-state index contributed by atoms with van der Waals surface area (Å²) in [5.74, 6) is 2.16. The third kappa shape index (κ3) is 5.91. The fourth-order valence-corrected chi connectivity index (χ4v) is 6.78. The van der Waals surface area contributed by atoms with Gasteiger partial charge in [0.1, 0.15) is 23.1 Å². The summed E-state index contributed by atoms with van der Waals surface area (Å²) in [6.07, 6.45) is 7.76. The zero-order chi connectivity index (χ0) is 30.1. The Bertz CT molecular complexity index is 1530. The fourth-order valence-electron chi connectivity index (χ4n) is 6.11. The maximum atomic E-state index is 11.4. The molecule has 3 fully saturated rings. The molecule has 3 saturated heterocycles. The second-order valence-electron chi connectivity index (χ2n) is 11.2. The van der Waals surface area contributed by atoms with Gasteiger partial charge in [-0.3, -0.25) is 4.79 Å². The predicted octanol–water partition coefficient (Wildman–Crippen LogP) is 4.49. The highest BCUT2D eigenvalue weighted by Gasteiger charge is 2.45. The molecule has 1 spiro atoms. The Morgan fingerprint density at radius 1 is 1.09 bits per heavy atom. The van der Waals surface area contributed by atoms with Gasteiger partial charge in [0.15, 0.2) is 5.82 Å². The van der Waals surface area contributed by atoms with Crippen LogP contribution in [0.1, 0.15) is 19.3 Å². The first-order valence-electron chi connectivity index (χ1n) is 14.2. The van der Waals surface area contributed by atoms with Crippen molar-refractivity contribution >= 4 is 51.6 Å². The lowest BCUT2D eigenvalue weighted by Gasteiger charge is -2.53. The number of fused-ring (bicyclic) bond motifs is 1. The van der Waals surface area contributed by atoms with Crippen LogP contribution in [0.4, 0.5) is 11.6 Å². The van der Waals surface area contributed by atoms with Crippen molar-refractivity contribution in [1.82, 2.24) is 15.0 Å². The number of benzene rings is 1. The number of halogens is 2. The SMILES string of the molecule is COc1cc(OC)c(Cl)c(-c2nc(N3CC4(CCOCC4)C3)c3cc(N[C@@H]4COCC[C@H]4C=CC(N)=O)ncc3n2)c1Cl. The second kappa shape index (κ2) is 12.3. The molecular formula is C30H34Cl2N6O5. The van der Waals surface area contributed by atoms with Crippen LogP contribution in [0.3, 0.4) is 0 Å². The molecule has 0 radical (unpaired) electrons. The number of hydrogen-bond donors (Lipinski definition) is 2. The quantitative estimate of drug-likeness (QED) is 0.344. The first kappa shape index (κ1) is 29.7. The van der Waals surface area contributed by atoms with Crippen molar-refractivity contribution in [2.24, 2.45) is 17.1 Å². The third-order valence-corrected chi connectivity index (χ3v) is 9.27. The van der Waals surface area contributed by atoms with E-state index in [-0.39, 0.29) is 17.4 Å². The van der Waals surface area contributed by atoms with Gasteiger partial charge in [-0.15, -0.1) is 0 Å². The first-order chi connectivity index (χ1) is 20.8. The molecule has 0 aliphatic carbocycles. The number of rotatable bonds is 8. The zero-order valence-electron chi connectivity index (χ0n) is 24.1. The third-order valence-electron chi connectivity index (χ3n) is 8.52. The molecule has 3 aromatic rings. The van der Waals surface area contributed by atoms with E-state index in [2.05, 4.69) is 15.2 Å². The largest absolute Gasteiger partial charge is 0.495 e. The van der Waals surface area contributed by atoms with Gasteiger partial charge in [-0.25, -0.2) is 15.0 Å². The Morgan fingerprint density at radius 2 is 1.81 bits per heavy atom. The van der Waals surface area contributed by atoms with Gasteiger partial charge < -0.3 is 34.9 Å². The van der Waals surface area contributed by atoms with Crippen molar-refractivity contribution in [3.05, 3.63) is 40.5 Å². The summed E-state index contributed by atoms with van der Waals surface area (Å²) < 4.78 is 22.3. The molecular weight excluding hydrogens is 595 g/mol. The van der Waals surface area contributed by atoms with E-state index in [0.29, 0.717) is 57.5 Å². The predicted molar refractivity (Wildman–Crippen MR) is 165 cm³/mol. The molecule has 6 rings (SSSR count). The van der Waals surface area contributed by atoms with Crippen molar-refractivity contribution < 1.29 is 23.7 Å². The number of nitrogens with one attached hydrogen (secondary N) is 1. The van der Waals surface area contributed by atoms with Crippen LogP contribution in [0.25, 0.3) is 22.3 Å². The van der Waals surface area contributed by atoms with Crippen LogP contribution in [-0.2, 0) is 14.3 Å². The lowest BCUT2D eigenvalue weighted by molar-refractivity contribution is -0.113. The van der Waals surface area contributed by atoms with Crippen molar-refractivity contribution in [3.63, 3.8) is 0 Å². The molecule has 13 heteroatoms. The molecule has 3 aliphatic heterocycles. The lowest BCUT2D eigenvalue weighted by Crippen LogP contribution is -2.59. The molecule has 0 unspecified atom stereocenters. The minimum atomic E-state index is -0.475. The highest BCUT2D eigenvalue weighted by Crippen LogP contribution is 2.47. The van der Waals surface area contributed by atoms with Gasteiger partial charge in [-0.2, -0.15) is 0 Å². The Kier molecular flexibility index (Phi) is 8.50. The summed E-state index contributed by atoms with van der Waals surface area (Å²) in [4.78, 5) is 28.2. The van der Waals surface area contributed by atoms with Crippen molar-refractivity contribution in [2.45, 2.75) is 25.3 Å². The number of pyridine rings is 1. The van der Waals surface area contributed by atoms with Gasteiger partial charge in [0.25, 0.3) is 0 Å². The normalized spacial score (nSPS) is 21.6. The van der Waals surface area contributed by atoms with E-state index < -0.39 is 5.91 Å². The fraction of sp³-hybridized carbons (Fsp3) is 0.467. The summed E-state index contributed by atoms with van der Waals surface area (Å²) >= 11 is 13.5. The Hall–Kier alpha value is -3.38. The molecule has 0 bridgehead atoms. The van der Waals surface area contributed by atoms with E-state index in [4.69, 9.17) is 57.9 Å². The molecule has 2 atom stereocenters. The van der Waals surface area contributed by atoms with Gasteiger partial charge in [0.2, 0.25) is 5.91 Å². The van der Waals surface area contributed by atoms with Crippen LogP contribution in [0, 0.1) is 11.3 Å². The number of methoxy groups -OCH3 is 2. The van der Waals surface area contributed by atoms with Crippen LogP contribution in [0.5, 0.6) is 11.5 Å². The Morgan fingerprint density at radius 3 is 2.49 bits per heavy atom. The van der Waals surface area contributed by atoms with Crippen LogP contribution >= 0.6 is 23.2 Å². The van der Waals surface area contributed by atoms with E-state index in [1.165, 1.54) is 20.3 Å². The zero-order valence-corrected chi connectivity index (χ0v) is 25.6. The van der Waals surface area contributed by atoms with Crippen molar-refractivity contribution in [1.29, 1.82) is 0 Å². The number of nitrogens with zero attached hydrogens (tertiary/aromatic N) is 4. The maximum absolute atomic E-state index is 11.4. The van der Waals surface area contributed by atoms with Crippen molar-refractivity contribution in [2.75, 3.05) is 64.0 Å². The molecule has 3 aliphatic rings. The number of aromatic nitrogens is 3. The smallest absolute Gasteiger partial charge is 0.241 e. The van der Waals surface area contributed by atoms with Crippen LogP contribution in [-0.4, -0.2) is 80.6 Å². The van der Waals surface area contributed by atoms with Gasteiger partial charge in [-0.05, 0) is 31.4 Å². The number of amides is 1. The van der Waals surface area contributed by atoms with E-state index in [1.807, 2.05) is 12.1 Å². The molecule has 11 nitrogen and oxygen atoms in total. The van der Waals surface area contributed by atoms with Gasteiger partial charge in [0, 0.05) is 55.7 Å². The first-order valence-corrected chi connectivity index (χ1v) is 15.0. The van der Waals surface area contributed by atoms with Crippen LogP contribution in [0.2, 0.25) is 10.0 Å². The summed E-state index contributed by atoms with van der Waals surface area (Å²) in [5, 5.41) is 4.92. The summed E-state index contributed by atoms with van der Waals surface area (Å²) in [6.45, 7) is 4.33. The monoisotopic (exact) mass is 628 g/mol. The number of carbonyl (C=O) groups excluding carboxylic acids is 1. The molecule has 3 N–H and O–H groups in total. The Labute approximate surface area is 259 Å². The molecule has 1 aromatic carbocycles. The number of primary amides is 1. The molecule has 0 saturated carbocycles. The Balaban J connectivity index is 1.41. The molecule has 5 heterocycles. The van der Waals surface area contributed by atoms with Gasteiger partial charge >= 0.3 is 0 Å². The number of carbonyl (C=O) groups is 1. The van der Waals surface area contributed by atoms with E-state index >= 15 is 0 Å². The lowest BCUT2D eigenvalue weighted by atomic mass is 9.73. The van der Waals surface area contributed by atoms with Crippen LogP contribution < -0.4 is 25.4 Å². The van der Waals surface area contributed by atoms with Gasteiger partial charge in [0.05, 0.1) is 54.2 Å². The topological polar surface area (TPSA) is 134 Å². The standard InChI is InChI=1S/C30H34Cl2N6O5/c1-40-21-12-22(41-2)27(32)25(26(21)31)28-36-19-13-34-24(35-20-14-43-8-5-17(20)3-4-23(33)39)11-18(19)29(37-28)38-15-30(16-38)6-9-42-10-7-30/h3-4,11-13,17,20H,5-10,14-16H2,1-2H3,(H2,33,39)(H,34,35)/t17-,20-/m1/s1. The van der Waals surface area contributed by atoms with E-state index in [9.17, 15) is 4.79 Å². The highest BCUT2D eigenvalue weighted by atomic mass is 35.5. The molecule has 1 amide bonds. The minimum absolute atomic E-state index is 0.0629.